The molecule has 2 aliphatic rings. The fraction of sp³-hybridized carbons (Fsp3) is 0.360. The van der Waals surface area contributed by atoms with Crippen LogP contribution in [0.1, 0.15) is 30.5 Å². The molecule has 2 fully saturated rings. The zero-order chi connectivity index (χ0) is 24.6. The van der Waals surface area contributed by atoms with Gasteiger partial charge in [0.25, 0.3) is 0 Å². The molecule has 4 heterocycles. The first-order valence-electron chi connectivity index (χ1n) is 12.2. The number of rotatable bonds is 7. The van der Waals surface area contributed by atoms with Crippen LogP contribution in [0.25, 0.3) is 28.0 Å². The number of halogens is 1. The van der Waals surface area contributed by atoms with Crippen LogP contribution in [0.4, 0.5) is 0 Å². The molecule has 0 amide bonds. The highest BCUT2D eigenvalue weighted by Crippen LogP contribution is 2.35. The molecule has 6 rings (SSSR count). The molecular formula is C25H29ClN10. The Morgan fingerprint density at radius 3 is 2.81 bits per heavy atom. The van der Waals surface area contributed by atoms with E-state index in [1.165, 1.54) is 12.8 Å². The maximum Gasteiger partial charge on any atom is 0.154 e. The van der Waals surface area contributed by atoms with Crippen LogP contribution >= 0.6 is 11.6 Å². The Balaban J connectivity index is 1.25. The van der Waals surface area contributed by atoms with Crippen molar-refractivity contribution in [2.24, 2.45) is 0 Å². The smallest absolute Gasteiger partial charge is 0.154 e. The lowest BCUT2D eigenvalue weighted by Gasteiger charge is -2.33. The van der Waals surface area contributed by atoms with Gasteiger partial charge in [0, 0.05) is 44.0 Å². The first-order chi connectivity index (χ1) is 17.5. The third kappa shape index (κ3) is 4.74. The van der Waals surface area contributed by atoms with Gasteiger partial charge in [0.15, 0.2) is 5.82 Å². The Labute approximate surface area is 213 Å². The molecular weight excluding hydrogens is 476 g/mol. The molecule has 0 atom stereocenters. The van der Waals surface area contributed by atoms with Crippen molar-refractivity contribution in [2.75, 3.05) is 33.2 Å². The van der Waals surface area contributed by atoms with E-state index in [-0.39, 0.29) is 0 Å². The number of fused-ring (bicyclic) bond motifs is 1. The van der Waals surface area contributed by atoms with Crippen LogP contribution in [-0.2, 0) is 6.54 Å². The van der Waals surface area contributed by atoms with E-state index >= 15 is 0 Å². The number of aromatic amines is 2. The summed E-state index contributed by atoms with van der Waals surface area (Å²) in [6.07, 6.45) is 9.98. The van der Waals surface area contributed by atoms with Crippen LogP contribution in [0.2, 0.25) is 5.02 Å². The van der Waals surface area contributed by atoms with Gasteiger partial charge in [0.1, 0.15) is 17.2 Å². The minimum absolute atomic E-state index is 0.433. The number of piperazine rings is 1. The zero-order valence-electron chi connectivity index (χ0n) is 20.1. The van der Waals surface area contributed by atoms with Crippen molar-refractivity contribution in [1.29, 1.82) is 5.41 Å². The minimum atomic E-state index is 0.433. The predicted molar refractivity (Wildman–Crippen MR) is 141 cm³/mol. The normalized spacial score (nSPS) is 17.2. The van der Waals surface area contributed by atoms with Gasteiger partial charge in [-0.25, -0.2) is 9.97 Å². The molecule has 186 valence electrons. The highest BCUT2D eigenvalue weighted by Gasteiger charge is 2.24. The van der Waals surface area contributed by atoms with E-state index in [1.807, 2.05) is 41.4 Å². The van der Waals surface area contributed by atoms with Gasteiger partial charge in [0.05, 0.1) is 46.9 Å². The van der Waals surface area contributed by atoms with E-state index in [1.54, 1.807) is 0 Å². The minimum Gasteiger partial charge on any atom is -0.375 e. The number of hydrogen-bond donors (Lipinski definition) is 4. The van der Waals surface area contributed by atoms with E-state index in [0.717, 1.165) is 60.0 Å². The summed E-state index contributed by atoms with van der Waals surface area (Å²) >= 11 is 6.31. The lowest BCUT2D eigenvalue weighted by Crippen LogP contribution is -2.46. The van der Waals surface area contributed by atoms with E-state index in [0.29, 0.717) is 29.3 Å². The summed E-state index contributed by atoms with van der Waals surface area (Å²) in [7, 11) is 2.11. The molecule has 0 bridgehead atoms. The highest BCUT2D eigenvalue weighted by atomic mass is 35.5. The van der Waals surface area contributed by atoms with Crippen LogP contribution in [0.5, 0.6) is 0 Å². The molecule has 3 aromatic heterocycles. The molecule has 4 N–H and O–H groups in total. The van der Waals surface area contributed by atoms with Gasteiger partial charge in [0.2, 0.25) is 0 Å². The average Bonchev–Trinajstić information content (AvgIpc) is 3.25. The second kappa shape index (κ2) is 9.44. The number of benzene rings is 1. The van der Waals surface area contributed by atoms with Crippen molar-refractivity contribution in [3.8, 4) is 11.3 Å². The van der Waals surface area contributed by atoms with Crippen LogP contribution in [-0.4, -0.2) is 78.6 Å². The van der Waals surface area contributed by atoms with Gasteiger partial charge >= 0.3 is 0 Å². The monoisotopic (exact) mass is 504 g/mol. The molecule has 0 radical (unpaired) electrons. The molecule has 11 heteroatoms. The average molecular weight is 505 g/mol. The van der Waals surface area contributed by atoms with Crippen molar-refractivity contribution >= 4 is 34.2 Å². The van der Waals surface area contributed by atoms with E-state index in [9.17, 15) is 0 Å². The summed E-state index contributed by atoms with van der Waals surface area (Å²) in [5, 5.41) is 17.3. The first-order valence-corrected chi connectivity index (χ1v) is 12.6. The van der Waals surface area contributed by atoms with Crippen molar-refractivity contribution in [3.05, 3.63) is 59.5 Å². The summed E-state index contributed by atoms with van der Waals surface area (Å²) in [4.78, 5) is 20.4. The van der Waals surface area contributed by atoms with Gasteiger partial charge in [-0.2, -0.15) is 5.10 Å². The van der Waals surface area contributed by atoms with Gasteiger partial charge in [-0.05, 0) is 32.0 Å². The molecule has 0 spiro atoms. The number of nitrogens with zero attached hydrogens (tertiary/aromatic N) is 6. The molecule has 0 unspecified atom stereocenters. The second-order valence-electron chi connectivity index (χ2n) is 9.49. The Bertz CT molecular complexity index is 1420. The SMILES string of the molecule is CN1CCN(C(=N)/C=C(/NCc2nc3c(Cl)cccc3[nH]2)c2ncc(-c3cnn(C4CC4)c3)[nH]2)CC1. The van der Waals surface area contributed by atoms with Crippen LogP contribution in [0.15, 0.2) is 42.9 Å². The van der Waals surface area contributed by atoms with Gasteiger partial charge < -0.3 is 25.1 Å². The Kier molecular flexibility index (Phi) is 5.98. The molecule has 4 aromatic rings. The van der Waals surface area contributed by atoms with Crippen molar-refractivity contribution in [3.63, 3.8) is 0 Å². The number of imidazole rings is 2. The van der Waals surface area contributed by atoms with Crippen molar-refractivity contribution in [2.45, 2.75) is 25.4 Å². The number of nitrogens with one attached hydrogen (secondary N) is 4. The largest absolute Gasteiger partial charge is 0.375 e. The fourth-order valence-corrected chi connectivity index (χ4v) is 4.63. The molecule has 10 nitrogen and oxygen atoms in total. The summed E-state index contributed by atoms with van der Waals surface area (Å²) in [6.45, 7) is 3.96. The van der Waals surface area contributed by atoms with Gasteiger partial charge in [-0.3, -0.25) is 10.1 Å². The van der Waals surface area contributed by atoms with Crippen LogP contribution < -0.4 is 5.32 Å². The van der Waals surface area contributed by atoms with Crippen molar-refractivity contribution < 1.29 is 0 Å². The lowest BCUT2D eigenvalue weighted by atomic mass is 10.2. The Morgan fingerprint density at radius 1 is 1.19 bits per heavy atom. The van der Waals surface area contributed by atoms with Gasteiger partial charge in [-0.1, -0.05) is 17.7 Å². The Morgan fingerprint density at radius 2 is 2.03 bits per heavy atom. The lowest BCUT2D eigenvalue weighted by molar-refractivity contribution is 0.215. The summed E-state index contributed by atoms with van der Waals surface area (Å²) in [6, 6.07) is 6.22. The maximum atomic E-state index is 8.75. The van der Waals surface area contributed by atoms with E-state index < -0.39 is 0 Å². The Hall–Kier alpha value is -3.63. The standard InChI is InChI=1S/C25H29ClN10/c1-34-7-9-35(10-8-34)22(27)11-20(28-14-23-31-19-4-2-3-18(26)24(19)33-23)25-29-13-21(32-25)16-12-30-36(15-16)17-5-6-17/h2-4,11-13,15,17,27-28H,5-10,14H2,1H3,(H,29,32)(H,31,33)/b20-11+,27-22?. The number of H-pyrrole nitrogens is 2. The molecule has 1 saturated carbocycles. The number of para-hydroxylation sites is 1. The first kappa shape index (κ1) is 22.8. The van der Waals surface area contributed by atoms with E-state index in [2.05, 4.69) is 53.4 Å². The second-order valence-corrected chi connectivity index (χ2v) is 9.90. The summed E-state index contributed by atoms with van der Waals surface area (Å²) in [5.41, 5.74) is 4.27. The molecule has 1 aliphatic carbocycles. The number of likely N-dealkylation sites (N-methyl/N-ethyl adjacent to an activating group) is 1. The topological polar surface area (TPSA) is 118 Å². The molecule has 1 aromatic carbocycles. The van der Waals surface area contributed by atoms with Crippen LogP contribution in [0.3, 0.4) is 0 Å². The third-order valence-electron chi connectivity index (χ3n) is 6.75. The quantitative estimate of drug-likeness (QED) is 0.226. The predicted octanol–water partition coefficient (Wildman–Crippen LogP) is 3.49. The van der Waals surface area contributed by atoms with Crippen LogP contribution in [0, 0.1) is 5.41 Å². The maximum absolute atomic E-state index is 8.75. The summed E-state index contributed by atoms with van der Waals surface area (Å²) < 4.78 is 2.03. The van der Waals surface area contributed by atoms with Crippen molar-refractivity contribution in [1.82, 2.24) is 44.8 Å². The summed E-state index contributed by atoms with van der Waals surface area (Å²) in [5.74, 6) is 1.88. The fourth-order valence-electron chi connectivity index (χ4n) is 4.41. The number of aromatic nitrogens is 6. The molecule has 1 saturated heterocycles. The van der Waals surface area contributed by atoms with E-state index in [4.69, 9.17) is 17.0 Å². The number of hydrogen-bond acceptors (Lipinski definition) is 6. The molecule has 36 heavy (non-hydrogen) atoms. The molecule has 1 aliphatic heterocycles. The highest BCUT2D eigenvalue weighted by molar-refractivity contribution is 6.34. The zero-order valence-corrected chi connectivity index (χ0v) is 20.9. The number of amidine groups is 1. The van der Waals surface area contributed by atoms with Gasteiger partial charge in [-0.15, -0.1) is 0 Å². The third-order valence-corrected chi connectivity index (χ3v) is 7.05.